The maximum absolute atomic E-state index is 13.9. The summed E-state index contributed by atoms with van der Waals surface area (Å²) in [5.74, 6) is -0.308. The van der Waals surface area contributed by atoms with Crippen LogP contribution in [-0.2, 0) is 9.68 Å². The Balaban J connectivity index is 1.60. The minimum atomic E-state index is -0.522. The van der Waals surface area contributed by atoms with E-state index in [9.17, 15) is 9.18 Å². The Labute approximate surface area is 197 Å². The Morgan fingerprint density at radius 2 is 2.00 bits per heavy atom. The summed E-state index contributed by atoms with van der Waals surface area (Å²) in [6.45, 7) is 4.55. The number of benzene rings is 2. The van der Waals surface area contributed by atoms with E-state index >= 15 is 0 Å². The standard InChI is InChI=1S/C25H28ClFN2O4/c1-3-31-25(30)24-16(2)20-14-19(10-12-23(20)32-24)29(15-17-7-5-4-6-8-17)33-28-18-9-11-21(26)22(27)13-18/h9-14,17,28H,3-8,15H2,1-2H3. The Morgan fingerprint density at radius 3 is 2.73 bits per heavy atom. The molecule has 0 radical (unpaired) electrons. The lowest BCUT2D eigenvalue weighted by Gasteiger charge is -2.30. The van der Waals surface area contributed by atoms with E-state index in [2.05, 4.69) is 5.48 Å². The van der Waals surface area contributed by atoms with Crippen LogP contribution in [0, 0.1) is 18.7 Å². The third-order valence-corrected chi connectivity index (χ3v) is 6.32. The summed E-state index contributed by atoms with van der Waals surface area (Å²) < 4.78 is 24.7. The van der Waals surface area contributed by atoms with Gasteiger partial charge in [0.1, 0.15) is 11.4 Å². The van der Waals surface area contributed by atoms with Crippen molar-refractivity contribution in [3.05, 3.63) is 58.6 Å². The van der Waals surface area contributed by atoms with Crippen LogP contribution in [-0.4, -0.2) is 19.1 Å². The van der Waals surface area contributed by atoms with Crippen LogP contribution in [0.5, 0.6) is 0 Å². The highest BCUT2D eigenvalue weighted by Crippen LogP contribution is 2.32. The number of ether oxygens (including phenoxy) is 1. The molecular formula is C25H28ClFN2O4. The smallest absolute Gasteiger partial charge is 0.374 e. The predicted molar refractivity (Wildman–Crippen MR) is 127 cm³/mol. The number of hydrogen-bond donors (Lipinski definition) is 1. The van der Waals surface area contributed by atoms with Crippen LogP contribution in [0.4, 0.5) is 15.8 Å². The van der Waals surface area contributed by atoms with E-state index in [1.54, 1.807) is 18.1 Å². The van der Waals surface area contributed by atoms with Crippen molar-refractivity contribution in [2.24, 2.45) is 5.92 Å². The van der Waals surface area contributed by atoms with Crippen LogP contribution < -0.4 is 10.5 Å². The number of halogens is 2. The van der Waals surface area contributed by atoms with Gasteiger partial charge in [-0.25, -0.2) is 19.7 Å². The molecule has 1 fully saturated rings. The molecule has 0 saturated heterocycles. The number of nitrogens with zero attached hydrogens (tertiary/aromatic N) is 1. The third-order valence-electron chi connectivity index (χ3n) is 6.01. The second-order valence-electron chi connectivity index (χ2n) is 8.34. The lowest BCUT2D eigenvalue weighted by Crippen LogP contribution is -2.32. The first kappa shape index (κ1) is 23.4. The number of carbonyl (C=O) groups excluding carboxylic acids is 1. The molecule has 0 amide bonds. The average Bonchev–Trinajstić information content (AvgIpc) is 3.15. The highest BCUT2D eigenvalue weighted by molar-refractivity contribution is 6.30. The van der Waals surface area contributed by atoms with Gasteiger partial charge >= 0.3 is 5.97 Å². The lowest BCUT2D eigenvalue weighted by molar-refractivity contribution is 0.0491. The van der Waals surface area contributed by atoms with E-state index in [1.807, 2.05) is 25.1 Å². The Hall–Kier alpha value is -2.77. The molecule has 1 aliphatic rings. The van der Waals surface area contributed by atoms with Gasteiger partial charge in [0, 0.05) is 17.0 Å². The molecule has 1 N–H and O–H groups in total. The summed E-state index contributed by atoms with van der Waals surface area (Å²) in [4.78, 5) is 18.2. The van der Waals surface area contributed by atoms with Gasteiger partial charge in [0.25, 0.3) is 0 Å². The molecule has 1 saturated carbocycles. The van der Waals surface area contributed by atoms with Crippen molar-refractivity contribution in [1.29, 1.82) is 0 Å². The van der Waals surface area contributed by atoms with Crippen molar-refractivity contribution in [2.75, 3.05) is 23.7 Å². The van der Waals surface area contributed by atoms with Gasteiger partial charge in [-0.3, -0.25) is 0 Å². The predicted octanol–water partition coefficient (Wildman–Crippen LogP) is 7.06. The molecule has 0 bridgehead atoms. The number of fused-ring (bicyclic) bond motifs is 1. The number of hydrogen-bond acceptors (Lipinski definition) is 6. The van der Waals surface area contributed by atoms with E-state index in [0.717, 1.165) is 29.5 Å². The number of rotatable bonds is 8. The molecule has 4 rings (SSSR count). The molecule has 0 aliphatic heterocycles. The van der Waals surface area contributed by atoms with E-state index in [0.29, 0.717) is 23.7 Å². The van der Waals surface area contributed by atoms with Gasteiger partial charge in [0.2, 0.25) is 5.76 Å². The zero-order valence-corrected chi connectivity index (χ0v) is 19.6. The van der Waals surface area contributed by atoms with Crippen LogP contribution in [0.15, 0.2) is 40.8 Å². The van der Waals surface area contributed by atoms with Crippen LogP contribution in [0.25, 0.3) is 11.0 Å². The molecule has 1 aliphatic carbocycles. The fraction of sp³-hybridized carbons (Fsp3) is 0.400. The maximum atomic E-state index is 13.9. The number of esters is 1. The van der Waals surface area contributed by atoms with Gasteiger partial charge in [-0.1, -0.05) is 30.9 Å². The number of hydroxylamine groups is 1. The van der Waals surface area contributed by atoms with Crippen molar-refractivity contribution >= 4 is 39.9 Å². The zero-order chi connectivity index (χ0) is 23.4. The van der Waals surface area contributed by atoms with Gasteiger partial charge in [0.05, 0.1) is 29.5 Å². The van der Waals surface area contributed by atoms with Gasteiger partial charge in [-0.05, 0) is 62.9 Å². The summed E-state index contributed by atoms with van der Waals surface area (Å²) in [7, 11) is 0. The molecule has 0 spiro atoms. The molecule has 2 aromatic carbocycles. The molecular weight excluding hydrogens is 447 g/mol. The number of carbonyl (C=O) groups is 1. The van der Waals surface area contributed by atoms with Gasteiger partial charge in [0.15, 0.2) is 0 Å². The molecule has 6 nitrogen and oxygen atoms in total. The summed E-state index contributed by atoms with van der Waals surface area (Å²) in [6.07, 6.45) is 5.94. The van der Waals surface area contributed by atoms with Crippen LogP contribution >= 0.6 is 11.6 Å². The Morgan fingerprint density at radius 1 is 1.21 bits per heavy atom. The second-order valence-corrected chi connectivity index (χ2v) is 8.75. The quantitative estimate of drug-likeness (QED) is 0.278. The minimum absolute atomic E-state index is 0.0536. The first-order valence-electron chi connectivity index (χ1n) is 11.3. The van der Waals surface area contributed by atoms with Gasteiger partial charge < -0.3 is 9.15 Å². The SMILES string of the molecule is CCOC(=O)c1oc2ccc(N(CC3CCCCC3)ONc3ccc(Cl)c(F)c3)cc2c1C. The van der Waals surface area contributed by atoms with Gasteiger partial charge in [-0.2, -0.15) is 4.94 Å². The lowest BCUT2D eigenvalue weighted by atomic mass is 9.89. The average molecular weight is 475 g/mol. The van der Waals surface area contributed by atoms with Crippen molar-refractivity contribution in [2.45, 2.75) is 46.0 Å². The first-order chi connectivity index (χ1) is 16.0. The van der Waals surface area contributed by atoms with Crippen molar-refractivity contribution in [1.82, 2.24) is 0 Å². The Kier molecular flexibility index (Phi) is 7.40. The molecule has 0 unspecified atom stereocenters. The first-order valence-corrected chi connectivity index (χ1v) is 11.7. The largest absolute Gasteiger partial charge is 0.460 e. The third kappa shape index (κ3) is 5.42. The van der Waals surface area contributed by atoms with Crippen molar-refractivity contribution in [3.63, 3.8) is 0 Å². The molecule has 3 aromatic rings. The van der Waals surface area contributed by atoms with Crippen molar-refractivity contribution < 1.29 is 23.3 Å². The molecule has 33 heavy (non-hydrogen) atoms. The maximum Gasteiger partial charge on any atom is 0.374 e. The summed E-state index contributed by atoms with van der Waals surface area (Å²) >= 11 is 5.79. The zero-order valence-electron chi connectivity index (χ0n) is 18.8. The summed E-state index contributed by atoms with van der Waals surface area (Å²) in [5, 5.41) is 2.64. The summed E-state index contributed by atoms with van der Waals surface area (Å²) in [6, 6.07) is 10.1. The normalized spacial score (nSPS) is 14.4. The number of furan rings is 1. The van der Waals surface area contributed by atoms with Crippen LogP contribution in [0.1, 0.15) is 55.1 Å². The molecule has 0 atom stereocenters. The molecule has 8 heteroatoms. The fourth-order valence-corrected chi connectivity index (χ4v) is 4.34. The van der Waals surface area contributed by atoms with E-state index < -0.39 is 11.8 Å². The van der Waals surface area contributed by atoms with Crippen molar-refractivity contribution in [3.8, 4) is 0 Å². The fourth-order valence-electron chi connectivity index (χ4n) is 4.22. The molecule has 176 valence electrons. The second kappa shape index (κ2) is 10.4. The van der Waals surface area contributed by atoms with E-state index in [-0.39, 0.29) is 17.4 Å². The highest BCUT2D eigenvalue weighted by atomic mass is 35.5. The van der Waals surface area contributed by atoms with Crippen LogP contribution in [0.3, 0.4) is 0 Å². The molecule has 1 aromatic heterocycles. The highest BCUT2D eigenvalue weighted by Gasteiger charge is 2.22. The molecule has 1 heterocycles. The van der Waals surface area contributed by atoms with Gasteiger partial charge in [-0.15, -0.1) is 0 Å². The number of aryl methyl sites for hydroxylation is 1. The number of nitrogens with one attached hydrogen (secondary N) is 1. The van der Waals surface area contributed by atoms with Crippen LogP contribution in [0.2, 0.25) is 5.02 Å². The minimum Gasteiger partial charge on any atom is -0.460 e. The van der Waals surface area contributed by atoms with E-state index in [1.165, 1.54) is 31.4 Å². The number of anilines is 2. The van der Waals surface area contributed by atoms with E-state index in [4.69, 9.17) is 25.7 Å². The Bertz CT molecular complexity index is 1130. The monoisotopic (exact) mass is 474 g/mol. The topological polar surface area (TPSA) is 63.9 Å². The summed E-state index contributed by atoms with van der Waals surface area (Å²) in [5.41, 5.74) is 5.41.